The number of thiophene rings is 1. The number of nitrogens with zero attached hydrogens (tertiary/aromatic N) is 3. The number of morpholine rings is 1. The Balaban J connectivity index is 1.41. The molecule has 0 radical (unpaired) electrons. The average Bonchev–Trinajstić information content (AvgIpc) is 3.58. The first kappa shape index (κ1) is 24.5. The molecule has 0 aliphatic carbocycles. The zero-order chi connectivity index (χ0) is 23.8. The maximum absolute atomic E-state index is 13.2. The number of rotatable bonds is 11. The summed E-state index contributed by atoms with van der Waals surface area (Å²) in [6.45, 7) is 5.46. The Morgan fingerprint density at radius 1 is 1.12 bits per heavy atom. The Kier molecular flexibility index (Phi) is 8.75. The van der Waals surface area contributed by atoms with Crippen molar-refractivity contribution in [2.24, 2.45) is 0 Å². The number of carbonyl (C=O) groups is 1. The summed E-state index contributed by atoms with van der Waals surface area (Å²) in [5.41, 5.74) is 0.850. The summed E-state index contributed by atoms with van der Waals surface area (Å²) in [4.78, 5) is 22.8. The maximum atomic E-state index is 13.2. The third-order valence-corrected chi connectivity index (χ3v) is 7.21. The number of amides is 1. The number of benzene rings is 1. The molecule has 0 bridgehead atoms. The number of thiazole rings is 1. The van der Waals surface area contributed by atoms with Gasteiger partial charge in [0.2, 0.25) is 5.75 Å². The van der Waals surface area contributed by atoms with Gasteiger partial charge in [0.25, 0.3) is 5.91 Å². The van der Waals surface area contributed by atoms with Crippen LogP contribution in [-0.4, -0.2) is 74.3 Å². The van der Waals surface area contributed by atoms with Crippen LogP contribution in [0, 0.1) is 0 Å². The first-order valence-corrected chi connectivity index (χ1v) is 12.8. The first-order valence-electron chi connectivity index (χ1n) is 11.1. The van der Waals surface area contributed by atoms with E-state index in [1.165, 1.54) is 22.7 Å². The second-order valence-corrected chi connectivity index (χ2v) is 9.56. The van der Waals surface area contributed by atoms with E-state index in [9.17, 15) is 4.79 Å². The van der Waals surface area contributed by atoms with E-state index in [1.54, 1.807) is 14.2 Å². The predicted molar refractivity (Wildman–Crippen MR) is 132 cm³/mol. The molecular weight excluding hydrogens is 474 g/mol. The van der Waals surface area contributed by atoms with E-state index in [-0.39, 0.29) is 12.5 Å². The van der Waals surface area contributed by atoms with Crippen LogP contribution in [-0.2, 0) is 17.9 Å². The third kappa shape index (κ3) is 6.26. The summed E-state index contributed by atoms with van der Waals surface area (Å²) in [5, 5.41) is 4.74. The van der Waals surface area contributed by atoms with Gasteiger partial charge in [-0.1, -0.05) is 12.1 Å². The molecule has 0 N–H and O–H groups in total. The van der Waals surface area contributed by atoms with Gasteiger partial charge in [-0.15, -0.1) is 22.7 Å². The minimum absolute atomic E-state index is 0.0350. The lowest BCUT2D eigenvalue weighted by atomic mass is 10.3. The Morgan fingerprint density at radius 3 is 2.56 bits per heavy atom. The second-order valence-electron chi connectivity index (χ2n) is 7.67. The van der Waals surface area contributed by atoms with Crippen molar-refractivity contribution in [3.63, 3.8) is 0 Å². The zero-order valence-corrected chi connectivity index (χ0v) is 21.0. The Hall–Kier alpha value is -2.66. The molecule has 2 aromatic heterocycles. The molecule has 1 aliphatic heterocycles. The van der Waals surface area contributed by atoms with Gasteiger partial charge in [0.05, 0.1) is 44.5 Å². The summed E-state index contributed by atoms with van der Waals surface area (Å²) < 4.78 is 22.2. The molecule has 0 saturated carbocycles. The van der Waals surface area contributed by atoms with Crippen LogP contribution >= 0.6 is 22.7 Å². The van der Waals surface area contributed by atoms with Gasteiger partial charge in [-0.05, 0) is 23.6 Å². The molecule has 0 unspecified atom stereocenters. The fraction of sp³-hybridized carbons (Fsp3) is 0.417. The maximum Gasteiger partial charge on any atom is 0.264 e. The van der Waals surface area contributed by atoms with Crippen molar-refractivity contribution in [1.29, 1.82) is 0 Å². The molecule has 1 aromatic carbocycles. The lowest BCUT2D eigenvalue weighted by Gasteiger charge is -2.29. The van der Waals surface area contributed by atoms with Crippen LogP contribution < -0.4 is 14.2 Å². The Morgan fingerprint density at radius 2 is 1.88 bits per heavy atom. The first-order chi connectivity index (χ1) is 16.7. The number of aromatic nitrogens is 1. The predicted octanol–water partition coefficient (Wildman–Crippen LogP) is 3.78. The largest absolute Gasteiger partial charge is 0.493 e. The second kappa shape index (κ2) is 12.2. The van der Waals surface area contributed by atoms with Gasteiger partial charge in [-0.3, -0.25) is 9.69 Å². The third-order valence-electron chi connectivity index (χ3n) is 5.48. The highest BCUT2D eigenvalue weighted by molar-refractivity contribution is 7.12. The molecule has 1 amide bonds. The monoisotopic (exact) mass is 503 g/mol. The number of para-hydroxylation sites is 1. The molecular formula is C24H29N3O5S2. The van der Waals surface area contributed by atoms with Crippen LogP contribution in [0.4, 0.5) is 0 Å². The smallest absolute Gasteiger partial charge is 0.264 e. The number of hydrogen-bond acceptors (Lipinski definition) is 9. The van der Waals surface area contributed by atoms with Gasteiger partial charge in [0.15, 0.2) is 11.5 Å². The van der Waals surface area contributed by atoms with E-state index in [1.807, 2.05) is 46.0 Å². The number of ether oxygens (including phenoxy) is 4. The van der Waals surface area contributed by atoms with Crippen LogP contribution in [0.5, 0.6) is 17.2 Å². The van der Waals surface area contributed by atoms with Crippen LogP contribution in [0.25, 0.3) is 0 Å². The highest BCUT2D eigenvalue weighted by Gasteiger charge is 2.21. The fourth-order valence-electron chi connectivity index (χ4n) is 3.67. The van der Waals surface area contributed by atoms with Crippen LogP contribution in [0.3, 0.4) is 0 Å². The van der Waals surface area contributed by atoms with Crippen molar-refractivity contribution in [3.05, 3.63) is 56.7 Å². The average molecular weight is 504 g/mol. The SMILES string of the molecule is COc1cccc(OC)c1OCc1nc(CN(CCN2CCOCC2)C(=O)c2cccs2)cs1. The van der Waals surface area contributed by atoms with Gasteiger partial charge in [0, 0.05) is 31.6 Å². The molecule has 1 aliphatic rings. The van der Waals surface area contributed by atoms with Gasteiger partial charge in [0.1, 0.15) is 11.6 Å². The summed E-state index contributed by atoms with van der Waals surface area (Å²) in [7, 11) is 3.19. The van der Waals surface area contributed by atoms with Crippen molar-refractivity contribution in [2.45, 2.75) is 13.2 Å². The summed E-state index contributed by atoms with van der Waals surface area (Å²) in [6.07, 6.45) is 0. The summed E-state index contributed by atoms with van der Waals surface area (Å²) >= 11 is 2.98. The Bertz CT molecular complexity index is 1030. The minimum Gasteiger partial charge on any atom is -0.493 e. The molecule has 34 heavy (non-hydrogen) atoms. The van der Waals surface area contributed by atoms with Crippen molar-refractivity contribution in [2.75, 3.05) is 53.6 Å². The van der Waals surface area contributed by atoms with E-state index in [0.717, 1.165) is 48.4 Å². The lowest BCUT2D eigenvalue weighted by Crippen LogP contribution is -2.42. The van der Waals surface area contributed by atoms with Crippen molar-refractivity contribution < 1.29 is 23.7 Å². The van der Waals surface area contributed by atoms with Crippen molar-refractivity contribution >= 4 is 28.6 Å². The van der Waals surface area contributed by atoms with Crippen LogP contribution in [0.2, 0.25) is 0 Å². The van der Waals surface area contributed by atoms with Crippen molar-refractivity contribution in [3.8, 4) is 17.2 Å². The van der Waals surface area contributed by atoms with Crippen LogP contribution in [0.1, 0.15) is 20.4 Å². The minimum atomic E-state index is 0.0350. The molecule has 8 nitrogen and oxygen atoms in total. The highest BCUT2D eigenvalue weighted by atomic mass is 32.1. The number of carbonyl (C=O) groups excluding carboxylic acids is 1. The van der Waals surface area contributed by atoms with E-state index >= 15 is 0 Å². The molecule has 4 rings (SSSR count). The quantitative estimate of drug-likeness (QED) is 0.394. The summed E-state index contributed by atoms with van der Waals surface area (Å²) in [5.74, 6) is 1.79. The standard InChI is InChI=1S/C24H29N3O5S2/c1-29-19-5-3-6-20(30-2)23(19)32-16-22-25-18(17-34-22)15-27(24(28)21-7-4-14-33-21)9-8-26-10-12-31-13-11-26/h3-7,14,17H,8-13,15-16H2,1-2H3. The highest BCUT2D eigenvalue weighted by Crippen LogP contribution is 2.37. The van der Waals surface area contributed by atoms with Gasteiger partial charge in [-0.25, -0.2) is 4.98 Å². The topological polar surface area (TPSA) is 73.4 Å². The van der Waals surface area contributed by atoms with E-state index < -0.39 is 0 Å². The van der Waals surface area contributed by atoms with E-state index in [0.29, 0.717) is 30.3 Å². The van der Waals surface area contributed by atoms with Gasteiger partial charge >= 0.3 is 0 Å². The zero-order valence-electron chi connectivity index (χ0n) is 19.4. The van der Waals surface area contributed by atoms with Crippen molar-refractivity contribution in [1.82, 2.24) is 14.8 Å². The molecule has 3 aromatic rings. The Labute approximate surface area is 207 Å². The lowest BCUT2D eigenvalue weighted by molar-refractivity contribution is 0.0320. The molecule has 182 valence electrons. The molecule has 0 atom stereocenters. The molecule has 0 spiro atoms. The molecule has 10 heteroatoms. The van der Waals surface area contributed by atoms with Gasteiger partial charge in [-0.2, -0.15) is 0 Å². The summed E-state index contributed by atoms with van der Waals surface area (Å²) in [6, 6.07) is 9.28. The number of hydrogen-bond donors (Lipinski definition) is 0. The normalized spacial score (nSPS) is 14.1. The van der Waals surface area contributed by atoms with E-state index in [2.05, 4.69) is 4.90 Å². The van der Waals surface area contributed by atoms with Gasteiger partial charge < -0.3 is 23.8 Å². The van der Waals surface area contributed by atoms with E-state index in [4.69, 9.17) is 23.9 Å². The molecule has 1 fully saturated rings. The van der Waals surface area contributed by atoms with Crippen LogP contribution in [0.15, 0.2) is 41.1 Å². The fourth-order valence-corrected chi connectivity index (χ4v) is 5.06. The molecule has 3 heterocycles. The number of methoxy groups -OCH3 is 2. The molecule has 1 saturated heterocycles.